The summed E-state index contributed by atoms with van der Waals surface area (Å²) < 4.78 is 9.27. The van der Waals surface area contributed by atoms with E-state index in [1.54, 1.807) is 0 Å². The van der Waals surface area contributed by atoms with Gasteiger partial charge in [-0.1, -0.05) is 147 Å². The zero-order valence-corrected chi connectivity index (χ0v) is 28.0. The summed E-state index contributed by atoms with van der Waals surface area (Å²) in [7, 11) is 0. The lowest BCUT2D eigenvalue weighted by Crippen LogP contribution is -2.16. The minimum atomic E-state index is -0.132. The highest BCUT2D eigenvalue weighted by molar-refractivity contribution is 6.10. The second-order valence-corrected chi connectivity index (χ2v) is 13.8. The van der Waals surface area contributed by atoms with Crippen molar-refractivity contribution in [3.63, 3.8) is 0 Å². The number of rotatable bonds is 5. The number of hydrogen-bond acceptors (Lipinski definition) is 2. The third kappa shape index (κ3) is 4.17. The van der Waals surface area contributed by atoms with E-state index < -0.39 is 0 Å². The number of anilines is 3. The van der Waals surface area contributed by atoms with Gasteiger partial charge < -0.3 is 9.32 Å². The van der Waals surface area contributed by atoms with Crippen molar-refractivity contribution in [1.29, 1.82) is 0 Å². The Labute approximate surface area is 291 Å². The van der Waals surface area contributed by atoms with Crippen molar-refractivity contribution in [2.75, 3.05) is 4.90 Å². The predicted molar refractivity (Wildman–Crippen MR) is 208 cm³/mol. The summed E-state index contributed by atoms with van der Waals surface area (Å²) in [5, 5.41) is 1.13. The third-order valence-electron chi connectivity index (χ3n) is 10.6. The van der Waals surface area contributed by atoms with Gasteiger partial charge in [-0.25, -0.2) is 0 Å². The number of fused-ring (bicyclic) bond motifs is 8. The Morgan fingerprint density at radius 2 is 1.12 bits per heavy atom. The highest BCUT2D eigenvalue weighted by Crippen LogP contribution is 2.52. The van der Waals surface area contributed by atoms with Gasteiger partial charge in [-0.15, -0.1) is 0 Å². The molecule has 2 aromatic heterocycles. The molecule has 0 unspecified atom stereocenters. The fourth-order valence-corrected chi connectivity index (χ4v) is 8.19. The maximum atomic E-state index is 6.95. The fourth-order valence-electron chi connectivity index (χ4n) is 8.19. The van der Waals surface area contributed by atoms with E-state index in [0.29, 0.717) is 0 Å². The van der Waals surface area contributed by atoms with Gasteiger partial charge in [0.2, 0.25) is 5.71 Å². The Kier molecular flexibility index (Phi) is 6.22. The Bertz CT molecular complexity index is 2720. The van der Waals surface area contributed by atoms with Crippen LogP contribution in [0.3, 0.4) is 0 Å². The van der Waals surface area contributed by atoms with Gasteiger partial charge in [0.05, 0.1) is 11.0 Å². The molecule has 0 fully saturated rings. The average Bonchev–Trinajstić information content (AvgIpc) is 3.78. The van der Waals surface area contributed by atoms with Gasteiger partial charge in [-0.05, 0) is 75.3 Å². The number of hydrogen-bond donors (Lipinski definition) is 0. The van der Waals surface area contributed by atoms with Crippen molar-refractivity contribution >= 4 is 44.8 Å². The Balaban J connectivity index is 1.26. The Morgan fingerprint density at radius 3 is 1.92 bits per heavy atom. The monoisotopic (exact) mass is 642 g/mol. The van der Waals surface area contributed by atoms with Crippen molar-refractivity contribution in [1.82, 2.24) is 4.40 Å². The van der Waals surface area contributed by atoms with E-state index >= 15 is 0 Å². The van der Waals surface area contributed by atoms with E-state index in [0.717, 1.165) is 55.9 Å². The van der Waals surface area contributed by atoms with Crippen LogP contribution in [0.15, 0.2) is 174 Å². The summed E-state index contributed by atoms with van der Waals surface area (Å²) >= 11 is 0. The van der Waals surface area contributed by atoms with Crippen LogP contribution < -0.4 is 4.90 Å². The Hall–Kier alpha value is -6.32. The molecule has 0 radical (unpaired) electrons. The second-order valence-electron chi connectivity index (χ2n) is 13.8. The molecule has 3 heteroatoms. The minimum absolute atomic E-state index is 0.132. The van der Waals surface area contributed by atoms with Crippen LogP contribution in [0.25, 0.3) is 61.1 Å². The molecule has 0 aliphatic heterocycles. The van der Waals surface area contributed by atoms with Crippen LogP contribution in [-0.4, -0.2) is 4.40 Å². The first-order chi connectivity index (χ1) is 24.6. The molecule has 0 saturated carbocycles. The summed E-state index contributed by atoms with van der Waals surface area (Å²) in [4.78, 5) is 2.40. The van der Waals surface area contributed by atoms with Crippen molar-refractivity contribution < 1.29 is 4.42 Å². The SMILES string of the molecule is CC1(C)c2ccccc2-c2ccc(N(c3ccc(-c4ccccc4)cc3)c3c4ccccc4n4c3oc3cccc(-c5ccccc5)c34)cc21. The molecular weight excluding hydrogens is 609 g/mol. The van der Waals surface area contributed by atoms with Crippen molar-refractivity contribution in [3.05, 3.63) is 181 Å². The van der Waals surface area contributed by atoms with Crippen molar-refractivity contribution in [3.8, 4) is 33.4 Å². The molecule has 238 valence electrons. The number of benzene rings is 7. The lowest BCUT2D eigenvalue weighted by molar-refractivity contribution is 0.657. The van der Waals surface area contributed by atoms with Gasteiger partial charge in [-0.3, -0.25) is 4.40 Å². The molecule has 0 spiro atoms. The quantitative estimate of drug-likeness (QED) is 0.186. The van der Waals surface area contributed by atoms with Crippen molar-refractivity contribution in [2.45, 2.75) is 19.3 Å². The zero-order chi connectivity index (χ0) is 33.4. The van der Waals surface area contributed by atoms with Crippen LogP contribution in [0, 0.1) is 0 Å². The standard InChI is InChI=1S/C47H34N2O/c1-47(2)40-21-11-9-18-37(40)38-29-28-35(30-41(38)47)48(34-26-24-32(25-27-34)31-14-5-3-6-15-31)45-39-19-10-12-22-42(39)49-44-36(33-16-7-4-8-17-33)20-13-23-43(44)50-46(45)49/h3-30H,1-2H3. The highest BCUT2D eigenvalue weighted by Gasteiger charge is 2.36. The molecule has 0 saturated heterocycles. The average molecular weight is 643 g/mol. The third-order valence-corrected chi connectivity index (χ3v) is 10.6. The van der Waals surface area contributed by atoms with E-state index in [9.17, 15) is 0 Å². The molecule has 1 aliphatic carbocycles. The first-order valence-electron chi connectivity index (χ1n) is 17.3. The maximum absolute atomic E-state index is 6.95. The molecule has 0 bridgehead atoms. The molecule has 0 atom stereocenters. The normalized spacial score (nSPS) is 13.2. The van der Waals surface area contributed by atoms with Gasteiger partial charge in [0.1, 0.15) is 5.69 Å². The van der Waals surface area contributed by atoms with Gasteiger partial charge in [0.25, 0.3) is 0 Å². The number of para-hydroxylation sites is 2. The van der Waals surface area contributed by atoms with Gasteiger partial charge in [0, 0.05) is 27.7 Å². The van der Waals surface area contributed by atoms with Crippen LogP contribution >= 0.6 is 0 Å². The largest absolute Gasteiger partial charge is 0.436 e. The second kappa shape index (κ2) is 10.8. The molecule has 9 aromatic rings. The van der Waals surface area contributed by atoms with Gasteiger partial charge >= 0.3 is 0 Å². The molecule has 10 rings (SSSR count). The molecule has 50 heavy (non-hydrogen) atoms. The summed E-state index contributed by atoms with van der Waals surface area (Å²) in [6, 6.07) is 61.0. The van der Waals surface area contributed by atoms with Crippen LogP contribution in [0.2, 0.25) is 0 Å². The van der Waals surface area contributed by atoms with Gasteiger partial charge in [-0.2, -0.15) is 0 Å². The first kappa shape index (κ1) is 28.7. The number of nitrogens with zero attached hydrogens (tertiary/aromatic N) is 2. The van der Waals surface area contributed by atoms with Crippen LogP contribution in [0.1, 0.15) is 25.0 Å². The van der Waals surface area contributed by atoms with Gasteiger partial charge in [0.15, 0.2) is 5.58 Å². The predicted octanol–water partition coefficient (Wildman–Crippen LogP) is 12.9. The molecule has 1 aliphatic rings. The molecular formula is C47H34N2O. The summed E-state index contributed by atoms with van der Waals surface area (Å²) in [5.74, 6) is 0. The van der Waals surface area contributed by atoms with Crippen molar-refractivity contribution in [2.24, 2.45) is 0 Å². The van der Waals surface area contributed by atoms with Crippen LogP contribution in [0.5, 0.6) is 0 Å². The molecule has 3 nitrogen and oxygen atoms in total. The zero-order valence-electron chi connectivity index (χ0n) is 28.0. The minimum Gasteiger partial charge on any atom is -0.436 e. The lowest BCUT2D eigenvalue weighted by atomic mass is 9.82. The molecule has 2 heterocycles. The van der Waals surface area contributed by atoms with E-state index in [1.807, 2.05) is 0 Å². The molecule has 7 aromatic carbocycles. The Morgan fingerprint density at radius 1 is 0.500 bits per heavy atom. The van der Waals surface area contributed by atoms with E-state index in [2.05, 4.69) is 193 Å². The number of aromatic nitrogens is 1. The molecule has 0 amide bonds. The van der Waals surface area contributed by atoms with Crippen LogP contribution in [-0.2, 0) is 5.41 Å². The summed E-state index contributed by atoms with van der Waals surface area (Å²) in [6.45, 7) is 4.69. The molecule has 0 N–H and O–H groups in total. The number of oxazole rings is 1. The smallest absolute Gasteiger partial charge is 0.230 e. The summed E-state index contributed by atoms with van der Waals surface area (Å²) in [6.07, 6.45) is 0. The fraction of sp³-hybridized carbons (Fsp3) is 0.0638. The van der Waals surface area contributed by atoms with E-state index in [-0.39, 0.29) is 5.41 Å². The lowest BCUT2D eigenvalue weighted by Gasteiger charge is -2.27. The summed E-state index contributed by atoms with van der Waals surface area (Å²) in [5.41, 5.74) is 16.9. The van der Waals surface area contributed by atoms with E-state index in [1.165, 1.54) is 33.4 Å². The topological polar surface area (TPSA) is 20.8 Å². The highest BCUT2D eigenvalue weighted by atomic mass is 16.3. The maximum Gasteiger partial charge on any atom is 0.230 e. The van der Waals surface area contributed by atoms with Crippen LogP contribution in [0.4, 0.5) is 17.1 Å². The van der Waals surface area contributed by atoms with E-state index in [4.69, 9.17) is 4.42 Å². The first-order valence-corrected chi connectivity index (χ1v) is 17.3.